The third kappa shape index (κ3) is 3.19. The number of pyridine rings is 1. The van der Waals surface area contributed by atoms with Crippen molar-refractivity contribution in [1.29, 1.82) is 0 Å². The maximum atomic E-state index is 12.5. The second-order valence-corrected chi connectivity index (χ2v) is 9.94. The molecule has 0 radical (unpaired) electrons. The van der Waals surface area contributed by atoms with E-state index in [9.17, 15) is 13.2 Å². The van der Waals surface area contributed by atoms with Crippen LogP contribution in [-0.4, -0.2) is 47.1 Å². The number of hydrogen-bond acceptors (Lipinski definition) is 5. The van der Waals surface area contributed by atoms with Crippen molar-refractivity contribution in [2.24, 2.45) is 12.5 Å². The predicted molar refractivity (Wildman–Crippen MR) is 95.3 cm³/mol. The molecule has 1 fully saturated rings. The zero-order valence-electron chi connectivity index (χ0n) is 14.6. The van der Waals surface area contributed by atoms with Crippen LogP contribution in [-0.2, 0) is 23.4 Å². The summed E-state index contributed by atoms with van der Waals surface area (Å²) in [6.45, 7) is 7.78. The summed E-state index contributed by atoms with van der Waals surface area (Å²) in [6, 6.07) is 3.78. The van der Waals surface area contributed by atoms with Crippen molar-refractivity contribution < 1.29 is 8.42 Å². The highest BCUT2D eigenvalue weighted by molar-refractivity contribution is 7.91. The summed E-state index contributed by atoms with van der Waals surface area (Å²) in [5.74, 6) is 1.02. The molecule has 7 nitrogen and oxygen atoms in total. The molecule has 0 amide bonds. The Bertz CT molecular complexity index is 921. The van der Waals surface area contributed by atoms with Gasteiger partial charge in [0.05, 0.1) is 17.0 Å². The summed E-state index contributed by atoms with van der Waals surface area (Å²) in [4.78, 5) is 19.1. The van der Waals surface area contributed by atoms with Gasteiger partial charge < -0.3 is 4.90 Å². The highest BCUT2D eigenvalue weighted by atomic mass is 32.2. The molecule has 0 bridgehead atoms. The molecule has 2 aromatic rings. The first-order chi connectivity index (χ1) is 11.1. The molecule has 132 valence electrons. The average Bonchev–Trinajstić information content (AvgIpc) is 2.71. The molecule has 8 heteroatoms. The summed E-state index contributed by atoms with van der Waals surface area (Å²) in [5.41, 5.74) is 1.35. The normalized spacial score (nSPS) is 18.2. The largest absolute Gasteiger partial charge is 0.355 e. The minimum absolute atomic E-state index is 0.0159. The van der Waals surface area contributed by atoms with Gasteiger partial charge in [0, 0.05) is 26.7 Å². The fraction of sp³-hybridized carbons (Fsp3) is 0.625. The molecule has 2 aromatic heterocycles. The Morgan fingerprint density at radius 3 is 2.38 bits per heavy atom. The zero-order chi connectivity index (χ0) is 17.7. The standard InChI is InChI=1S/C16H24N4O3S/c1-16(2,3)11-20-12-5-6-13(17-14(12)18(4)15(20)21)19-7-9-24(22,23)10-8-19/h5-6H,7-11H2,1-4H3. The number of sulfone groups is 1. The molecular formula is C16H24N4O3S. The van der Waals surface area contributed by atoms with Gasteiger partial charge in [0.25, 0.3) is 0 Å². The second-order valence-electron chi connectivity index (χ2n) is 7.64. The molecule has 3 heterocycles. The SMILES string of the molecule is Cn1c(=O)n(CC(C)(C)C)c2ccc(N3CCS(=O)(=O)CC3)nc21. The van der Waals surface area contributed by atoms with Gasteiger partial charge in [0.2, 0.25) is 0 Å². The van der Waals surface area contributed by atoms with E-state index in [1.807, 2.05) is 17.0 Å². The predicted octanol–water partition coefficient (Wildman–Crippen LogP) is 1.02. The Balaban J connectivity index is 2.01. The molecule has 0 N–H and O–H groups in total. The third-order valence-corrected chi connectivity index (χ3v) is 5.88. The van der Waals surface area contributed by atoms with Crippen molar-refractivity contribution in [3.8, 4) is 0 Å². The topological polar surface area (TPSA) is 77.2 Å². The Morgan fingerprint density at radius 1 is 1.17 bits per heavy atom. The van der Waals surface area contributed by atoms with Crippen LogP contribution in [0.4, 0.5) is 5.82 Å². The molecule has 0 spiro atoms. The maximum absolute atomic E-state index is 12.5. The first-order valence-corrected chi connectivity index (χ1v) is 9.91. The number of rotatable bonds is 2. The van der Waals surface area contributed by atoms with Crippen LogP contribution in [0.15, 0.2) is 16.9 Å². The van der Waals surface area contributed by atoms with Gasteiger partial charge in [-0.3, -0.25) is 9.13 Å². The summed E-state index contributed by atoms with van der Waals surface area (Å²) >= 11 is 0. The van der Waals surface area contributed by atoms with Gasteiger partial charge >= 0.3 is 5.69 Å². The molecule has 24 heavy (non-hydrogen) atoms. The van der Waals surface area contributed by atoms with E-state index in [4.69, 9.17) is 0 Å². The van der Waals surface area contributed by atoms with E-state index in [1.165, 1.54) is 0 Å². The van der Waals surface area contributed by atoms with E-state index in [-0.39, 0.29) is 22.6 Å². The van der Waals surface area contributed by atoms with Gasteiger partial charge in [-0.2, -0.15) is 0 Å². The fourth-order valence-electron chi connectivity index (χ4n) is 3.01. The average molecular weight is 352 g/mol. The first-order valence-electron chi connectivity index (χ1n) is 8.09. The minimum atomic E-state index is -2.93. The number of imidazole rings is 1. The molecule has 0 unspecified atom stereocenters. The van der Waals surface area contributed by atoms with E-state index in [1.54, 1.807) is 16.2 Å². The highest BCUT2D eigenvalue weighted by Crippen LogP contribution is 2.22. The van der Waals surface area contributed by atoms with E-state index < -0.39 is 9.84 Å². The Kier molecular flexibility index (Phi) is 3.98. The van der Waals surface area contributed by atoms with Crippen LogP contribution >= 0.6 is 0 Å². The number of fused-ring (bicyclic) bond motifs is 1. The van der Waals surface area contributed by atoms with Crippen LogP contribution in [0, 0.1) is 5.41 Å². The van der Waals surface area contributed by atoms with Gasteiger partial charge in [-0.15, -0.1) is 0 Å². The van der Waals surface area contributed by atoms with Crippen molar-refractivity contribution in [1.82, 2.24) is 14.1 Å². The van der Waals surface area contributed by atoms with Gasteiger partial charge in [-0.25, -0.2) is 18.2 Å². The van der Waals surface area contributed by atoms with E-state index in [0.717, 1.165) is 11.3 Å². The summed E-state index contributed by atoms with van der Waals surface area (Å²) in [6.07, 6.45) is 0. The molecule has 0 atom stereocenters. The molecule has 1 saturated heterocycles. The third-order valence-electron chi connectivity index (χ3n) is 4.27. The Morgan fingerprint density at radius 2 is 1.79 bits per heavy atom. The molecule has 1 aliphatic rings. The lowest BCUT2D eigenvalue weighted by Gasteiger charge is -2.27. The highest BCUT2D eigenvalue weighted by Gasteiger charge is 2.24. The van der Waals surface area contributed by atoms with E-state index in [0.29, 0.717) is 25.3 Å². The van der Waals surface area contributed by atoms with Gasteiger partial charge in [0.15, 0.2) is 15.5 Å². The monoisotopic (exact) mass is 352 g/mol. The van der Waals surface area contributed by atoms with Crippen LogP contribution in [0.1, 0.15) is 20.8 Å². The molecule has 1 aliphatic heterocycles. The molecule has 0 aliphatic carbocycles. The van der Waals surface area contributed by atoms with Crippen LogP contribution in [0.5, 0.6) is 0 Å². The number of aromatic nitrogens is 3. The summed E-state index contributed by atoms with van der Waals surface area (Å²) in [7, 11) is -1.20. The number of nitrogens with zero attached hydrogens (tertiary/aromatic N) is 4. The molecular weight excluding hydrogens is 328 g/mol. The van der Waals surface area contributed by atoms with Crippen LogP contribution in [0.2, 0.25) is 0 Å². The van der Waals surface area contributed by atoms with Crippen molar-refractivity contribution in [3.05, 3.63) is 22.6 Å². The number of aryl methyl sites for hydroxylation is 1. The van der Waals surface area contributed by atoms with Gasteiger partial charge in [-0.05, 0) is 17.5 Å². The van der Waals surface area contributed by atoms with Crippen LogP contribution in [0.25, 0.3) is 11.2 Å². The molecule has 0 aromatic carbocycles. The van der Waals surface area contributed by atoms with E-state index >= 15 is 0 Å². The van der Waals surface area contributed by atoms with Crippen LogP contribution < -0.4 is 10.6 Å². The first kappa shape index (κ1) is 17.0. The quantitative estimate of drug-likeness (QED) is 0.806. The lowest BCUT2D eigenvalue weighted by Crippen LogP contribution is -2.40. The van der Waals surface area contributed by atoms with Gasteiger partial charge in [0.1, 0.15) is 5.82 Å². The number of anilines is 1. The minimum Gasteiger partial charge on any atom is -0.355 e. The molecule has 3 rings (SSSR count). The zero-order valence-corrected chi connectivity index (χ0v) is 15.4. The summed E-state index contributed by atoms with van der Waals surface area (Å²) in [5, 5.41) is 0. The van der Waals surface area contributed by atoms with Gasteiger partial charge in [-0.1, -0.05) is 20.8 Å². The van der Waals surface area contributed by atoms with Crippen molar-refractivity contribution in [2.75, 3.05) is 29.5 Å². The van der Waals surface area contributed by atoms with Crippen molar-refractivity contribution >= 4 is 26.8 Å². The van der Waals surface area contributed by atoms with Crippen LogP contribution in [0.3, 0.4) is 0 Å². The van der Waals surface area contributed by atoms with E-state index in [2.05, 4.69) is 25.8 Å². The summed E-state index contributed by atoms with van der Waals surface area (Å²) < 4.78 is 26.5. The molecule has 0 saturated carbocycles. The smallest absolute Gasteiger partial charge is 0.330 e. The van der Waals surface area contributed by atoms with Crippen molar-refractivity contribution in [3.63, 3.8) is 0 Å². The van der Waals surface area contributed by atoms with Crippen molar-refractivity contribution in [2.45, 2.75) is 27.3 Å². The Hall–Kier alpha value is -1.83. The Labute approximate surface area is 141 Å². The maximum Gasteiger partial charge on any atom is 0.330 e. The number of hydrogen-bond donors (Lipinski definition) is 0. The lowest BCUT2D eigenvalue weighted by molar-refractivity contribution is 0.342. The second kappa shape index (κ2) is 5.61. The fourth-order valence-corrected chi connectivity index (χ4v) is 4.21. The lowest BCUT2D eigenvalue weighted by atomic mass is 9.97.